The highest BCUT2D eigenvalue weighted by molar-refractivity contribution is 7.88. The zero-order valence-electron chi connectivity index (χ0n) is 13.0. The molecule has 1 aromatic carbocycles. The molecular formula is C15H23N3O3S. The van der Waals surface area contributed by atoms with Crippen molar-refractivity contribution in [2.75, 3.05) is 44.4 Å². The number of anilines is 1. The van der Waals surface area contributed by atoms with Gasteiger partial charge in [-0.25, -0.2) is 8.42 Å². The summed E-state index contributed by atoms with van der Waals surface area (Å²) in [7, 11) is -1.91. The third-order valence-electron chi connectivity index (χ3n) is 3.93. The van der Waals surface area contributed by atoms with Crippen LogP contribution < -0.4 is 10.2 Å². The summed E-state index contributed by atoms with van der Waals surface area (Å²) < 4.78 is 23.6. The Bertz CT molecular complexity index is 604. The zero-order chi connectivity index (χ0) is 16.2. The Morgan fingerprint density at radius 1 is 1.36 bits per heavy atom. The summed E-state index contributed by atoms with van der Waals surface area (Å²) >= 11 is 0. The van der Waals surface area contributed by atoms with Crippen molar-refractivity contribution < 1.29 is 13.2 Å². The minimum absolute atomic E-state index is 0.131. The third-order valence-corrected chi connectivity index (χ3v) is 5.19. The number of likely N-dealkylation sites (N-methyl/N-ethyl adjacent to an activating group) is 1. The largest absolute Gasteiger partial charge is 0.371 e. The van der Waals surface area contributed by atoms with Crippen LogP contribution in [0.4, 0.5) is 5.69 Å². The van der Waals surface area contributed by atoms with Gasteiger partial charge in [0.1, 0.15) is 0 Å². The summed E-state index contributed by atoms with van der Waals surface area (Å²) in [5.74, 6) is 0.138. The van der Waals surface area contributed by atoms with Crippen LogP contribution in [0.25, 0.3) is 0 Å². The molecule has 122 valence electrons. The summed E-state index contributed by atoms with van der Waals surface area (Å²) in [6.07, 6.45) is 2.12. The van der Waals surface area contributed by atoms with Crippen molar-refractivity contribution in [2.24, 2.45) is 5.92 Å². The fourth-order valence-corrected chi connectivity index (χ4v) is 2.86. The molecule has 0 spiro atoms. The Morgan fingerprint density at radius 3 is 2.68 bits per heavy atom. The maximum atomic E-state index is 11.8. The molecule has 1 N–H and O–H groups in total. The van der Waals surface area contributed by atoms with E-state index in [0.29, 0.717) is 12.5 Å². The summed E-state index contributed by atoms with van der Waals surface area (Å²) in [6.45, 7) is 2.34. The molecule has 0 saturated carbocycles. The van der Waals surface area contributed by atoms with Gasteiger partial charge >= 0.3 is 0 Å². The molecule has 22 heavy (non-hydrogen) atoms. The first-order chi connectivity index (χ1) is 10.4. The predicted octanol–water partition coefficient (Wildman–Crippen LogP) is 0.520. The highest BCUT2D eigenvalue weighted by Gasteiger charge is 2.23. The van der Waals surface area contributed by atoms with E-state index in [1.165, 1.54) is 12.7 Å². The van der Waals surface area contributed by atoms with Crippen LogP contribution in [0.5, 0.6) is 0 Å². The van der Waals surface area contributed by atoms with E-state index >= 15 is 0 Å². The number of carbonyl (C=O) groups excluding carboxylic acids is 1. The molecule has 1 fully saturated rings. The molecule has 2 rings (SSSR count). The number of nitrogens with one attached hydrogen (secondary N) is 1. The van der Waals surface area contributed by atoms with Gasteiger partial charge in [0.25, 0.3) is 0 Å². The molecule has 1 unspecified atom stereocenters. The summed E-state index contributed by atoms with van der Waals surface area (Å²) in [5.41, 5.74) is 1.20. The van der Waals surface area contributed by atoms with Gasteiger partial charge in [0.05, 0.1) is 12.8 Å². The van der Waals surface area contributed by atoms with Gasteiger partial charge in [0.15, 0.2) is 0 Å². The maximum Gasteiger partial charge on any atom is 0.235 e. The van der Waals surface area contributed by atoms with E-state index in [1.807, 2.05) is 18.2 Å². The van der Waals surface area contributed by atoms with E-state index in [0.717, 1.165) is 30.1 Å². The van der Waals surface area contributed by atoms with Gasteiger partial charge in [-0.15, -0.1) is 0 Å². The van der Waals surface area contributed by atoms with Crippen LogP contribution in [0.1, 0.15) is 6.42 Å². The monoisotopic (exact) mass is 325 g/mol. The average Bonchev–Trinajstić information content (AvgIpc) is 2.94. The Balaban J connectivity index is 1.76. The lowest BCUT2D eigenvalue weighted by atomic mass is 10.1. The number of nitrogens with zero attached hydrogens (tertiary/aromatic N) is 2. The van der Waals surface area contributed by atoms with Crippen molar-refractivity contribution >= 4 is 21.6 Å². The van der Waals surface area contributed by atoms with Crippen LogP contribution in [-0.2, 0) is 14.8 Å². The van der Waals surface area contributed by atoms with Crippen molar-refractivity contribution in [2.45, 2.75) is 6.42 Å². The van der Waals surface area contributed by atoms with Crippen molar-refractivity contribution in [3.8, 4) is 0 Å². The van der Waals surface area contributed by atoms with Crippen LogP contribution >= 0.6 is 0 Å². The van der Waals surface area contributed by atoms with Crippen molar-refractivity contribution in [1.82, 2.24) is 9.62 Å². The Kier molecular flexibility index (Phi) is 5.42. The van der Waals surface area contributed by atoms with E-state index < -0.39 is 10.0 Å². The topological polar surface area (TPSA) is 69.7 Å². The Morgan fingerprint density at radius 2 is 2.05 bits per heavy atom. The number of amides is 1. The van der Waals surface area contributed by atoms with E-state index in [1.54, 1.807) is 0 Å². The average molecular weight is 325 g/mol. The minimum atomic E-state index is -3.32. The van der Waals surface area contributed by atoms with Crippen LogP contribution in [-0.4, -0.2) is 58.1 Å². The Labute approximate surface area is 132 Å². The second-order valence-corrected chi connectivity index (χ2v) is 7.85. The normalized spacial score (nSPS) is 18.7. The molecule has 1 aliphatic heterocycles. The van der Waals surface area contributed by atoms with Crippen molar-refractivity contribution in [3.63, 3.8) is 0 Å². The molecule has 0 aliphatic carbocycles. The van der Waals surface area contributed by atoms with Crippen molar-refractivity contribution in [3.05, 3.63) is 30.3 Å². The minimum Gasteiger partial charge on any atom is -0.371 e. The van der Waals surface area contributed by atoms with Crippen LogP contribution in [0.3, 0.4) is 0 Å². The lowest BCUT2D eigenvalue weighted by Gasteiger charge is -2.19. The SMILES string of the molecule is CN(CC(=O)NCC1CCN(c2ccccc2)C1)S(C)(=O)=O. The number of rotatable bonds is 6. The number of para-hydroxylation sites is 1. The number of hydrogen-bond donors (Lipinski definition) is 1. The van der Waals surface area contributed by atoms with Gasteiger partial charge < -0.3 is 10.2 Å². The molecule has 0 bridgehead atoms. The van der Waals surface area contributed by atoms with Crippen LogP contribution in [0.2, 0.25) is 0 Å². The third kappa shape index (κ3) is 4.71. The van der Waals surface area contributed by atoms with Gasteiger partial charge in [0, 0.05) is 32.4 Å². The van der Waals surface area contributed by atoms with Gasteiger partial charge in [-0.05, 0) is 24.5 Å². The number of hydrogen-bond acceptors (Lipinski definition) is 4. The molecule has 1 heterocycles. The van der Waals surface area contributed by atoms with Gasteiger partial charge in [-0.3, -0.25) is 4.79 Å². The van der Waals surface area contributed by atoms with Crippen LogP contribution in [0.15, 0.2) is 30.3 Å². The number of sulfonamides is 1. The molecule has 1 saturated heterocycles. The molecule has 1 aromatic rings. The zero-order valence-corrected chi connectivity index (χ0v) is 13.8. The first-order valence-corrected chi connectivity index (χ1v) is 9.19. The van der Waals surface area contributed by atoms with E-state index in [4.69, 9.17) is 0 Å². The molecule has 1 amide bonds. The number of carbonyl (C=O) groups is 1. The summed E-state index contributed by atoms with van der Waals surface area (Å²) in [4.78, 5) is 14.1. The smallest absolute Gasteiger partial charge is 0.235 e. The van der Waals surface area contributed by atoms with Crippen LogP contribution in [0, 0.1) is 5.92 Å². The second kappa shape index (κ2) is 7.11. The Hall–Kier alpha value is -1.60. The quantitative estimate of drug-likeness (QED) is 0.828. The predicted molar refractivity (Wildman–Crippen MR) is 87.2 cm³/mol. The molecule has 1 atom stereocenters. The first kappa shape index (κ1) is 16.8. The summed E-state index contributed by atoms with van der Waals surface area (Å²) in [6, 6.07) is 10.2. The van der Waals surface area contributed by atoms with Crippen molar-refractivity contribution in [1.29, 1.82) is 0 Å². The molecule has 0 radical (unpaired) electrons. The standard InChI is InChI=1S/C15H23N3O3S/c1-17(22(2,20)21)12-15(19)16-10-13-8-9-18(11-13)14-6-4-3-5-7-14/h3-7,13H,8-12H2,1-2H3,(H,16,19). The first-order valence-electron chi connectivity index (χ1n) is 7.34. The molecule has 6 nitrogen and oxygen atoms in total. The van der Waals surface area contributed by atoms with Gasteiger partial charge in [-0.1, -0.05) is 18.2 Å². The lowest BCUT2D eigenvalue weighted by Crippen LogP contribution is -2.40. The second-order valence-electron chi connectivity index (χ2n) is 5.76. The van der Waals surface area contributed by atoms with Gasteiger partial charge in [0.2, 0.25) is 15.9 Å². The van der Waals surface area contributed by atoms with E-state index in [9.17, 15) is 13.2 Å². The molecule has 0 aromatic heterocycles. The molecule has 7 heteroatoms. The number of benzene rings is 1. The molecular weight excluding hydrogens is 302 g/mol. The fourth-order valence-electron chi connectivity index (χ4n) is 2.51. The lowest BCUT2D eigenvalue weighted by molar-refractivity contribution is -0.121. The van der Waals surface area contributed by atoms with E-state index in [-0.39, 0.29) is 12.5 Å². The highest BCUT2D eigenvalue weighted by Crippen LogP contribution is 2.22. The summed E-state index contributed by atoms with van der Waals surface area (Å²) in [5, 5.41) is 2.83. The highest BCUT2D eigenvalue weighted by atomic mass is 32.2. The molecule has 1 aliphatic rings. The van der Waals surface area contributed by atoms with E-state index in [2.05, 4.69) is 22.3 Å². The maximum absolute atomic E-state index is 11.8. The fraction of sp³-hybridized carbons (Fsp3) is 0.533. The van der Waals surface area contributed by atoms with Gasteiger partial charge in [-0.2, -0.15) is 4.31 Å².